The molecule has 24 heavy (non-hydrogen) atoms. The van der Waals surface area contributed by atoms with E-state index in [4.69, 9.17) is 0 Å². The van der Waals surface area contributed by atoms with Gasteiger partial charge in [-0.25, -0.2) is 9.18 Å². The molecule has 2 amide bonds. The minimum atomic E-state index is -4.86. The zero-order valence-electron chi connectivity index (χ0n) is 12.4. The number of nitrogens with one attached hydrogen (secondary N) is 2. The number of anilines is 2. The van der Waals surface area contributed by atoms with Crippen LogP contribution in [0.15, 0.2) is 42.5 Å². The zero-order valence-corrected chi connectivity index (χ0v) is 12.4. The van der Waals surface area contributed by atoms with E-state index in [0.717, 1.165) is 6.07 Å². The van der Waals surface area contributed by atoms with Crippen molar-refractivity contribution in [2.24, 2.45) is 0 Å². The van der Waals surface area contributed by atoms with Crippen LogP contribution in [0.1, 0.15) is 22.8 Å². The highest BCUT2D eigenvalue weighted by Gasteiger charge is 2.34. The molecule has 0 spiro atoms. The summed E-state index contributed by atoms with van der Waals surface area (Å²) in [5, 5.41) is 4.58. The van der Waals surface area contributed by atoms with Gasteiger partial charge < -0.3 is 10.6 Å². The molecule has 0 saturated carbocycles. The fraction of sp³-hybridized carbons (Fsp3) is 0.125. The summed E-state index contributed by atoms with van der Waals surface area (Å²) in [5.74, 6) is -1.56. The van der Waals surface area contributed by atoms with Crippen LogP contribution < -0.4 is 10.6 Å². The highest BCUT2D eigenvalue weighted by atomic mass is 19.4. The standard InChI is InChI=1S/C16H12F4N2O2/c1-9(23)10-2-4-11(5-3-10)21-15(24)22-12-6-7-14(17)13(8-12)16(18,19)20/h2-8H,1H3,(H2,21,22,24). The molecule has 2 N–H and O–H groups in total. The molecule has 0 saturated heterocycles. The summed E-state index contributed by atoms with van der Waals surface area (Å²) in [6, 6.07) is 7.29. The van der Waals surface area contributed by atoms with Crippen LogP contribution >= 0.6 is 0 Å². The summed E-state index contributed by atoms with van der Waals surface area (Å²) in [4.78, 5) is 22.9. The molecule has 0 aliphatic carbocycles. The van der Waals surface area contributed by atoms with Gasteiger partial charge in [-0.2, -0.15) is 13.2 Å². The van der Waals surface area contributed by atoms with Gasteiger partial charge in [0, 0.05) is 16.9 Å². The highest BCUT2D eigenvalue weighted by molar-refractivity contribution is 6.00. The number of carbonyl (C=O) groups is 2. The first kappa shape index (κ1) is 17.5. The maximum absolute atomic E-state index is 13.2. The van der Waals surface area contributed by atoms with Gasteiger partial charge in [0.2, 0.25) is 0 Å². The van der Waals surface area contributed by atoms with Crippen molar-refractivity contribution in [1.29, 1.82) is 0 Å². The van der Waals surface area contributed by atoms with Gasteiger partial charge in [0.25, 0.3) is 0 Å². The van der Waals surface area contributed by atoms with Gasteiger partial charge in [0.1, 0.15) is 5.82 Å². The lowest BCUT2D eigenvalue weighted by molar-refractivity contribution is -0.139. The normalized spacial score (nSPS) is 11.0. The second-order valence-corrected chi connectivity index (χ2v) is 4.91. The summed E-state index contributed by atoms with van der Waals surface area (Å²) < 4.78 is 51.0. The summed E-state index contributed by atoms with van der Waals surface area (Å²) in [6.07, 6.45) is -4.86. The lowest BCUT2D eigenvalue weighted by Gasteiger charge is -2.12. The molecule has 2 aromatic carbocycles. The van der Waals surface area contributed by atoms with Crippen molar-refractivity contribution in [1.82, 2.24) is 0 Å². The summed E-state index contributed by atoms with van der Waals surface area (Å²) in [5.41, 5.74) is -0.877. The molecule has 0 aliphatic rings. The van der Waals surface area contributed by atoms with Crippen LogP contribution in [0.25, 0.3) is 0 Å². The van der Waals surface area contributed by atoms with Crippen molar-refractivity contribution >= 4 is 23.2 Å². The minimum absolute atomic E-state index is 0.142. The highest BCUT2D eigenvalue weighted by Crippen LogP contribution is 2.33. The van der Waals surface area contributed by atoms with Crippen molar-refractivity contribution < 1.29 is 27.2 Å². The van der Waals surface area contributed by atoms with E-state index in [1.807, 2.05) is 0 Å². The minimum Gasteiger partial charge on any atom is -0.308 e. The largest absolute Gasteiger partial charge is 0.419 e. The quantitative estimate of drug-likeness (QED) is 0.629. The third kappa shape index (κ3) is 4.31. The molecule has 2 aromatic rings. The van der Waals surface area contributed by atoms with Gasteiger partial charge >= 0.3 is 12.2 Å². The Morgan fingerprint density at radius 3 is 2.00 bits per heavy atom. The van der Waals surface area contributed by atoms with E-state index < -0.39 is 23.6 Å². The maximum Gasteiger partial charge on any atom is 0.419 e. The first-order valence-electron chi connectivity index (χ1n) is 6.72. The van der Waals surface area contributed by atoms with Crippen molar-refractivity contribution in [3.63, 3.8) is 0 Å². The van der Waals surface area contributed by atoms with E-state index in [-0.39, 0.29) is 11.5 Å². The van der Waals surface area contributed by atoms with E-state index >= 15 is 0 Å². The molecule has 4 nitrogen and oxygen atoms in total. The van der Waals surface area contributed by atoms with Crippen molar-refractivity contribution in [2.45, 2.75) is 13.1 Å². The van der Waals surface area contributed by atoms with Crippen molar-refractivity contribution in [3.8, 4) is 0 Å². The molecule has 0 fully saturated rings. The van der Waals surface area contributed by atoms with Crippen molar-refractivity contribution in [2.75, 3.05) is 10.6 Å². The maximum atomic E-state index is 13.2. The number of rotatable bonds is 3. The van der Waals surface area contributed by atoms with Gasteiger partial charge in [0.15, 0.2) is 5.78 Å². The Morgan fingerprint density at radius 1 is 0.917 bits per heavy atom. The average molecular weight is 340 g/mol. The van der Waals surface area contributed by atoms with Gasteiger partial charge in [0.05, 0.1) is 5.56 Å². The molecule has 0 heterocycles. The number of urea groups is 1. The van der Waals surface area contributed by atoms with Crippen molar-refractivity contribution in [3.05, 3.63) is 59.4 Å². The lowest BCUT2D eigenvalue weighted by atomic mass is 10.1. The predicted molar refractivity (Wildman–Crippen MR) is 80.5 cm³/mol. The molecule has 2 rings (SSSR count). The molecule has 0 aliphatic heterocycles. The van der Waals surface area contributed by atoms with Crippen LogP contribution in [-0.2, 0) is 6.18 Å². The first-order chi connectivity index (χ1) is 11.2. The molecule has 0 unspecified atom stereocenters. The number of halogens is 4. The first-order valence-corrected chi connectivity index (χ1v) is 6.72. The number of hydrogen-bond donors (Lipinski definition) is 2. The van der Waals surface area contributed by atoms with Crippen LogP contribution in [0.3, 0.4) is 0 Å². The molecule has 126 valence electrons. The molecule has 8 heteroatoms. The van der Waals surface area contributed by atoms with Crippen LogP contribution in [0.5, 0.6) is 0 Å². The SMILES string of the molecule is CC(=O)c1ccc(NC(=O)Nc2ccc(F)c(C(F)(F)F)c2)cc1. The third-order valence-electron chi connectivity index (χ3n) is 3.08. The Balaban J connectivity index is 2.08. The number of amides is 2. The Labute approximate surface area is 134 Å². The topological polar surface area (TPSA) is 58.2 Å². The van der Waals surface area contributed by atoms with Gasteiger partial charge in [-0.1, -0.05) is 0 Å². The average Bonchev–Trinajstić information content (AvgIpc) is 2.48. The van der Waals surface area contributed by atoms with Crippen LogP contribution in [0, 0.1) is 5.82 Å². The molecule has 0 radical (unpaired) electrons. The number of alkyl halides is 3. The number of carbonyl (C=O) groups excluding carboxylic acids is 2. The zero-order chi connectivity index (χ0) is 17.9. The van der Waals surface area contributed by atoms with Gasteiger partial charge in [-0.05, 0) is 49.4 Å². The van der Waals surface area contributed by atoms with Crippen LogP contribution in [0.2, 0.25) is 0 Å². The van der Waals surface area contributed by atoms with Crippen LogP contribution in [0.4, 0.5) is 33.7 Å². The van der Waals surface area contributed by atoms with Crippen LogP contribution in [-0.4, -0.2) is 11.8 Å². The Morgan fingerprint density at radius 2 is 1.46 bits per heavy atom. The second-order valence-electron chi connectivity index (χ2n) is 4.91. The monoisotopic (exact) mass is 340 g/mol. The molecule has 0 aromatic heterocycles. The van der Waals surface area contributed by atoms with E-state index in [1.165, 1.54) is 31.2 Å². The molecular formula is C16H12F4N2O2. The number of Topliss-reactive ketones (excluding diaryl/α,β-unsaturated/α-hetero) is 1. The summed E-state index contributed by atoms with van der Waals surface area (Å²) >= 11 is 0. The van der Waals surface area contributed by atoms with E-state index in [0.29, 0.717) is 23.4 Å². The summed E-state index contributed by atoms with van der Waals surface area (Å²) in [7, 11) is 0. The lowest BCUT2D eigenvalue weighted by Crippen LogP contribution is -2.20. The fourth-order valence-electron chi connectivity index (χ4n) is 1.90. The van der Waals surface area contributed by atoms with E-state index in [2.05, 4.69) is 10.6 Å². The third-order valence-corrected chi connectivity index (χ3v) is 3.08. The Kier molecular flexibility index (Phi) is 4.87. The summed E-state index contributed by atoms with van der Waals surface area (Å²) in [6.45, 7) is 1.39. The smallest absolute Gasteiger partial charge is 0.308 e. The van der Waals surface area contributed by atoms with E-state index in [9.17, 15) is 27.2 Å². The fourth-order valence-corrected chi connectivity index (χ4v) is 1.90. The number of benzene rings is 2. The number of ketones is 1. The Bertz CT molecular complexity index is 771. The second kappa shape index (κ2) is 6.69. The Hall–Kier alpha value is -2.90. The van der Waals surface area contributed by atoms with Gasteiger partial charge in [-0.15, -0.1) is 0 Å². The molecule has 0 atom stereocenters. The molecular weight excluding hydrogens is 328 g/mol. The van der Waals surface area contributed by atoms with E-state index in [1.54, 1.807) is 0 Å². The number of hydrogen-bond acceptors (Lipinski definition) is 2. The molecule has 0 bridgehead atoms. The predicted octanol–water partition coefficient (Wildman–Crippen LogP) is 4.69. The van der Waals surface area contributed by atoms with Gasteiger partial charge in [-0.3, -0.25) is 4.79 Å².